The number of hydrogen-bond donors (Lipinski definition) is 1. The molecule has 3 heteroatoms. The number of rotatable bonds is 2. The van der Waals surface area contributed by atoms with Crippen molar-refractivity contribution >= 4 is 0 Å². The fourth-order valence-corrected chi connectivity index (χ4v) is 2.71. The van der Waals surface area contributed by atoms with Gasteiger partial charge in [-0.3, -0.25) is 4.90 Å². The molecule has 1 N–H and O–H groups in total. The molecule has 1 aliphatic heterocycles. The Morgan fingerprint density at radius 3 is 2.30 bits per heavy atom. The van der Waals surface area contributed by atoms with Gasteiger partial charge in [0.2, 0.25) is 0 Å². The van der Waals surface area contributed by atoms with Crippen LogP contribution in [0.2, 0.25) is 0 Å². The molecule has 0 bridgehead atoms. The Balaban J connectivity index is 2.34. The van der Waals surface area contributed by atoms with Gasteiger partial charge in [0, 0.05) is 19.6 Å². The lowest BCUT2D eigenvalue weighted by Crippen LogP contribution is -2.36. The third kappa shape index (κ3) is 3.15. The maximum absolute atomic E-state index is 10.4. The van der Waals surface area contributed by atoms with Crippen molar-refractivity contribution < 1.29 is 9.84 Å². The first-order valence-corrected chi connectivity index (χ1v) is 7.43. The minimum absolute atomic E-state index is 0.0394. The molecule has 1 aliphatic rings. The minimum atomic E-state index is -0.0394. The molecule has 0 atom stereocenters. The van der Waals surface area contributed by atoms with Crippen LogP contribution in [0.4, 0.5) is 0 Å². The quantitative estimate of drug-likeness (QED) is 0.901. The van der Waals surface area contributed by atoms with Crippen molar-refractivity contribution in [3.05, 3.63) is 28.3 Å². The van der Waals surface area contributed by atoms with Gasteiger partial charge < -0.3 is 9.84 Å². The van der Waals surface area contributed by atoms with Crippen LogP contribution in [0.1, 0.15) is 43.0 Å². The van der Waals surface area contributed by atoms with Crippen LogP contribution in [0.15, 0.2) is 6.07 Å². The zero-order chi connectivity index (χ0) is 14.9. The highest BCUT2D eigenvalue weighted by Gasteiger charge is 2.23. The van der Waals surface area contributed by atoms with E-state index in [1.807, 2.05) is 6.92 Å². The van der Waals surface area contributed by atoms with Crippen molar-refractivity contribution in [2.24, 2.45) is 0 Å². The Labute approximate surface area is 122 Å². The summed E-state index contributed by atoms with van der Waals surface area (Å²) < 4.78 is 5.41. The number of nitrogens with zero attached hydrogens (tertiary/aromatic N) is 1. The second-order valence-corrected chi connectivity index (χ2v) is 6.82. The van der Waals surface area contributed by atoms with Gasteiger partial charge in [-0.1, -0.05) is 26.8 Å². The summed E-state index contributed by atoms with van der Waals surface area (Å²) in [5.74, 6) is 0.459. The van der Waals surface area contributed by atoms with Crippen LogP contribution in [0.5, 0.6) is 5.75 Å². The smallest absolute Gasteiger partial charge is 0.122 e. The molecular weight excluding hydrogens is 250 g/mol. The van der Waals surface area contributed by atoms with Crippen molar-refractivity contribution in [1.82, 2.24) is 4.90 Å². The molecule has 0 amide bonds. The molecule has 1 heterocycles. The molecule has 1 aromatic rings. The topological polar surface area (TPSA) is 32.7 Å². The van der Waals surface area contributed by atoms with E-state index in [1.165, 1.54) is 11.1 Å². The molecule has 2 rings (SSSR count). The third-order valence-electron chi connectivity index (χ3n) is 4.28. The van der Waals surface area contributed by atoms with Gasteiger partial charge in [0.1, 0.15) is 5.75 Å². The highest BCUT2D eigenvalue weighted by Crippen LogP contribution is 2.36. The van der Waals surface area contributed by atoms with Crippen molar-refractivity contribution in [1.29, 1.82) is 0 Å². The summed E-state index contributed by atoms with van der Waals surface area (Å²) in [4.78, 5) is 2.43. The van der Waals surface area contributed by atoms with Crippen LogP contribution in [-0.4, -0.2) is 36.3 Å². The van der Waals surface area contributed by atoms with Crippen LogP contribution in [-0.2, 0) is 16.7 Å². The molecule has 20 heavy (non-hydrogen) atoms. The second kappa shape index (κ2) is 5.74. The molecule has 1 aromatic carbocycles. The number of phenols is 1. The van der Waals surface area contributed by atoms with Gasteiger partial charge in [0.05, 0.1) is 13.2 Å². The molecule has 3 nitrogen and oxygen atoms in total. The number of benzene rings is 1. The molecule has 112 valence electrons. The van der Waals surface area contributed by atoms with Gasteiger partial charge in [0.15, 0.2) is 0 Å². The van der Waals surface area contributed by atoms with E-state index in [0.717, 1.165) is 44.0 Å². The van der Waals surface area contributed by atoms with E-state index < -0.39 is 0 Å². The Hall–Kier alpha value is -1.06. The van der Waals surface area contributed by atoms with Crippen molar-refractivity contribution in [3.8, 4) is 5.75 Å². The van der Waals surface area contributed by atoms with Crippen LogP contribution < -0.4 is 0 Å². The Morgan fingerprint density at radius 1 is 1.15 bits per heavy atom. The van der Waals surface area contributed by atoms with Gasteiger partial charge in [-0.05, 0) is 41.5 Å². The summed E-state index contributed by atoms with van der Waals surface area (Å²) in [6.07, 6.45) is 0. The summed E-state index contributed by atoms with van der Waals surface area (Å²) in [7, 11) is 0. The van der Waals surface area contributed by atoms with E-state index in [1.54, 1.807) is 0 Å². The standard InChI is InChI=1S/C17H27NO2/c1-12-13(2)16(19)15(17(3,4)5)10-14(12)11-18-6-8-20-9-7-18/h10,19H,6-9,11H2,1-5H3. The molecule has 0 radical (unpaired) electrons. The number of aromatic hydroxyl groups is 1. The average molecular weight is 277 g/mol. The summed E-state index contributed by atoms with van der Waals surface area (Å²) in [6.45, 7) is 15.1. The first-order chi connectivity index (χ1) is 9.30. The monoisotopic (exact) mass is 277 g/mol. The van der Waals surface area contributed by atoms with Crippen LogP contribution in [0, 0.1) is 13.8 Å². The van der Waals surface area contributed by atoms with Crippen LogP contribution in [0.3, 0.4) is 0 Å². The molecule has 0 aliphatic carbocycles. The van der Waals surface area contributed by atoms with E-state index in [4.69, 9.17) is 4.74 Å². The summed E-state index contributed by atoms with van der Waals surface area (Å²) in [5, 5.41) is 10.4. The van der Waals surface area contributed by atoms with Gasteiger partial charge in [-0.25, -0.2) is 0 Å². The van der Waals surface area contributed by atoms with E-state index in [2.05, 4.69) is 38.7 Å². The predicted octanol–water partition coefficient (Wildman–Crippen LogP) is 3.14. The lowest BCUT2D eigenvalue weighted by Gasteiger charge is -2.29. The first kappa shape index (κ1) is 15.3. The largest absolute Gasteiger partial charge is 0.507 e. The number of phenolic OH excluding ortho intramolecular Hbond substituents is 1. The normalized spacial score (nSPS) is 17.4. The molecule has 1 saturated heterocycles. The Morgan fingerprint density at radius 2 is 1.75 bits per heavy atom. The third-order valence-corrected chi connectivity index (χ3v) is 4.28. The highest BCUT2D eigenvalue weighted by molar-refractivity contribution is 5.51. The molecule has 0 spiro atoms. The SMILES string of the molecule is Cc1c(CN2CCOCC2)cc(C(C)(C)C)c(O)c1C. The van der Waals surface area contributed by atoms with E-state index in [9.17, 15) is 5.11 Å². The number of hydrogen-bond acceptors (Lipinski definition) is 3. The van der Waals surface area contributed by atoms with E-state index in [0.29, 0.717) is 5.75 Å². The van der Waals surface area contributed by atoms with Crippen molar-refractivity contribution in [2.75, 3.05) is 26.3 Å². The Bertz CT molecular complexity index is 483. The first-order valence-electron chi connectivity index (χ1n) is 7.43. The zero-order valence-corrected chi connectivity index (χ0v) is 13.4. The highest BCUT2D eigenvalue weighted by atomic mass is 16.5. The molecule has 0 aromatic heterocycles. The van der Waals surface area contributed by atoms with Crippen LogP contribution in [0.25, 0.3) is 0 Å². The van der Waals surface area contributed by atoms with Gasteiger partial charge in [-0.2, -0.15) is 0 Å². The lowest BCUT2D eigenvalue weighted by molar-refractivity contribution is 0.0341. The fourth-order valence-electron chi connectivity index (χ4n) is 2.71. The van der Waals surface area contributed by atoms with Crippen molar-refractivity contribution in [3.63, 3.8) is 0 Å². The van der Waals surface area contributed by atoms with Crippen molar-refractivity contribution in [2.45, 2.75) is 46.6 Å². The lowest BCUT2D eigenvalue weighted by atomic mass is 9.82. The van der Waals surface area contributed by atoms with Gasteiger partial charge in [0.25, 0.3) is 0 Å². The summed E-state index contributed by atoms with van der Waals surface area (Å²) in [6, 6.07) is 2.19. The summed E-state index contributed by atoms with van der Waals surface area (Å²) in [5.41, 5.74) is 4.56. The fraction of sp³-hybridized carbons (Fsp3) is 0.647. The average Bonchev–Trinajstić information content (AvgIpc) is 2.39. The Kier molecular flexibility index (Phi) is 4.40. The predicted molar refractivity (Wildman–Crippen MR) is 82.4 cm³/mol. The summed E-state index contributed by atoms with van der Waals surface area (Å²) >= 11 is 0. The molecular formula is C17H27NO2. The number of ether oxygens (including phenoxy) is 1. The zero-order valence-electron chi connectivity index (χ0n) is 13.4. The van der Waals surface area contributed by atoms with E-state index in [-0.39, 0.29) is 5.41 Å². The molecule has 1 fully saturated rings. The van der Waals surface area contributed by atoms with Crippen LogP contribution >= 0.6 is 0 Å². The van der Waals surface area contributed by atoms with Gasteiger partial charge in [-0.15, -0.1) is 0 Å². The molecule has 0 unspecified atom stereocenters. The number of morpholine rings is 1. The van der Waals surface area contributed by atoms with E-state index >= 15 is 0 Å². The maximum atomic E-state index is 10.4. The second-order valence-electron chi connectivity index (χ2n) is 6.82. The van der Waals surface area contributed by atoms with Gasteiger partial charge >= 0.3 is 0 Å². The maximum Gasteiger partial charge on any atom is 0.122 e. The minimum Gasteiger partial charge on any atom is -0.507 e. The molecule has 0 saturated carbocycles.